The highest BCUT2D eigenvalue weighted by Crippen LogP contribution is 2.68. The SMILES string of the molecule is FC1(F)SSC(F)(F)C(F)(F)C1(F)F. The first kappa shape index (κ1) is 12.2. The van der Waals surface area contributed by atoms with Crippen LogP contribution in [0.5, 0.6) is 0 Å². The highest BCUT2D eigenvalue weighted by Gasteiger charge is 2.85. The predicted octanol–water partition coefficient (Wildman–Crippen LogP) is 3.84. The van der Waals surface area contributed by atoms with Gasteiger partial charge in [0.2, 0.25) is 0 Å². The van der Waals surface area contributed by atoms with Crippen molar-refractivity contribution >= 4 is 21.6 Å². The lowest BCUT2D eigenvalue weighted by Crippen LogP contribution is -2.62. The molecule has 1 aliphatic rings. The van der Waals surface area contributed by atoms with Crippen LogP contribution in [-0.4, -0.2) is 22.4 Å². The fraction of sp³-hybridized carbons (Fsp3) is 1.00. The molecule has 0 aliphatic carbocycles. The molecule has 0 aromatic rings. The van der Waals surface area contributed by atoms with Gasteiger partial charge in [0.05, 0.1) is 0 Å². The van der Waals surface area contributed by atoms with Gasteiger partial charge in [-0.15, -0.1) is 0 Å². The fourth-order valence-electron chi connectivity index (χ4n) is 0.575. The van der Waals surface area contributed by atoms with Gasteiger partial charge in [-0.1, -0.05) is 0 Å². The van der Waals surface area contributed by atoms with E-state index in [0.717, 1.165) is 0 Å². The molecule has 1 saturated heterocycles. The molecule has 10 heteroatoms. The quantitative estimate of drug-likeness (QED) is 0.481. The molecule has 1 heterocycles. The molecule has 0 amide bonds. The third-order valence-electron chi connectivity index (χ3n) is 1.38. The Morgan fingerprint density at radius 1 is 0.500 bits per heavy atom. The van der Waals surface area contributed by atoms with E-state index in [-0.39, 0.29) is 0 Å². The number of rotatable bonds is 0. The lowest BCUT2D eigenvalue weighted by atomic mass is 10.2. The average molecular weight is 264 g/mol. The Hall–Kier alpha value is 0.140. The van der Waals surface area contributed by atoms with Gasteiger partial charge in [-0.3, -0.25) is 0 Å². The second kappa shape index (κ2) is 2.83. The molecule has 0 aromatic carbocycles. The number of alkyl halides is 8. The summed E-state index contributed by atoms with van der Waals surface area (Å²) in [7, 11) is -2.52. The summed E-state index contributed by atoms with van der Waals surface area (Å²) in [5.74, 6) is -12.1. The molecule has 1 rings (SSSR count). The molecule has 84 valence electrons. The second-order valence-corrected chi connectivity index (χ2v) is 4.71. The van der Waals surface area contributed by atoms with E-state index >= 15 is 0 Å². The van der Waals surface area contributed by atoms with Gasteiger partial charge in [0, 0.05) is 0 Å². The van der Waals surface area contributed by atoms with Crippen molar-refractivity contribution in [3.05, 3.63) is 0 Å². The summed E-state index contributed by atoms with van der Waals surface area (Å²) in [6.07, 6.45) is 0. The van der Waals surface area contributed by atoms with Crippen LogP contribution in [0, 0.1) is 0 Å². The highest BCUT2D eigenvalue weighted by molar-refractivity contribution is 8.77. The zero-order chi connectivity index (χ0) is 11.4. The number of hydrogen-bond donors (Lipinski definition) is 0. The van der Waals surface area contributed by atoms with Gasteiger partial charge in [0.15, 0.2) is 0 Å². The van der Waals surface area contributed by atoms with E-state index in [2.05, 4.69) is 0 Å². The summed E-state index contributed by atoms with van der Waals surface area (Å²) in [4.78, 5) is 0. The van der Waals surface area contributed by atoms with Crippen molar-refractivity contribution in [1.29, 1.82) is 0 Å². The predicted molar refractivity (Wildman–Crippen MR) is 35.0 cm³/mol. The Kier molecular flexibility index (Phi) is 2.47. The van der Waals surface area contributed by atoms with Gasteiger partial charge in [0.1, 0.15) is 0 Å². The molecule has 0 saturated carbocycles. The van der Waals surface area contributed by atoms with Crippen LogP contribution in [0.4, 0.5) is 35.1 Å². The van der Waals surface area contributed by atoms with Gasteiger partial charge in [-0.25, -0.2) is 0 Å². The van der Waals surface area contributed by atoms with Crippen LogP contribution in [0.25, 0.3) is 0 Å². The second-order valence-electron chi connectivity index (χ2n) is 2.35. The van der Waals surface area contributed by atoms with E-state index in [4.69, 9.17) is 0 Å². The highest BCUT2D eigenvalue weighted by atomic mass is 33.1. The van der Waals surface area contributed by atoms with Crippen molar-refractivity contribution in [1.82, 2.24) is 0 Å². The topological polar surface area (TPSA) is 0 Å². The first-order valence-corrected chi connectivity index (χ1v) is 4.99. The summed E-state index contributed by atoms with van der Waals surface area (Å²) >= 11 is 0. The third kappa shape index (κ3) is 1.29. The molecule has 1 aliphatic heterocycles. The summed E-state index contributed by atoms with van der Waals surface area (Å²) in [6, 6.07) is 0. The Morgan fingerprint density at radius 3 is 0.929 bits per heavy atom. The Balaban J connectivity index is 3.20. The van der Waals surface area contributed by atoms with E-state index < -0.39 is 43.9 Å². The maximum absolute atomic E-state index is 12.2. The summed E-state index contributed by atoms with van der Waals surface area (Å²) in [6.45, 7) is 0. The molecule has 0 spiro atoms. The van der Waals surface area contributed by atoms with Gasteiger partial charge in [-0.2, -0.15) is 35.1 Å². The van der Waals surface area contributed by atoms with Crippen molar-refractivity contribution in [2.24, 2.45) is 0 Å². The first-order valence-electron chi connectivity index (χ1n) is 2.84. The number of hydrogen-bond acceptors (Lipinski definition) is 2. The van der Waals surface area contributed by atoms with Crippen LogP contribution in [0.15, 0.2) is 0 Å². The molecule has 0 N–H and O–H groups in total. The van der Waals surface area contributed by atoms with Crippen molar-refractivity contribution < 1.29 is 35.1 Å². The van der Waals surface area contributed by atoms with Gasteiger partial charge < -0.3 is 0 Å². The fourth-order valence-corrected chi connectivity index (χ4v) is 2.51. The zero-order valence-corrected chi connectivity index (χ0v) is 7.47. The molecule has 0 radical (unpaired) electrons. The molecule has 0 atom stereocenters. The largest absolute Gasteiger partial charge is 0.389 e. The van der Waals surface area contributed by atoms with Gasteiger partial charge in [0.25, 0.3) is 0 Å². The minimum atomic E-state index is -6.07. The molecule has 0 nitrogen and oxygen atoms in total. The van der Waals surface area contributed by atoms with E-state index in [1.807, 2.05) is 0 Å². The maximum Gasteiger partial charge on any atom is 0.389 e. The first-order chi connectivity index (χ1) is 5.96. The van der Waals surface area contributed by atoms with Gasteiger partial charge in [-0.05, 0) is 21.6 Å². The monoisotopic (exact) mass is 264 g/mol. The summed E-state index contributed by atoms with van der Waals surface area (Å²) in [5, 5.41) is -10.4. The van der Waals surface area contributed by atoms with Crippen LogP contribution in [-0.2, 0) is 0 Å². The maximum atomic E-state index is 12.2. The third-order valence-corrected chi connectivity index (χ3v) is 3.90. The van der Waals surface area contributed by atoms with Crippen LogP contribution in [0.3, 0.4) is 0 Å². The molecule has 14 heavy (non-hydrogen) atoms. The molecule has 0 aromatic heterocycles. The van der Waals surface area contributed by atoms with E-state index in [1.54, 1.807) is 0 Å². The van der Waals surface area contributed by atoms with E-state index in [0.29, 0.717) is 0 Å². The Morgan fingerprint density at radius 2 is 0.714 bits per heavy atom. The Labute approximate surface area is 79.8 Å². The van der Waals surface area contributed by atoms with Crippen LogP contribution in [0.1, 0.15) is 0 Å². The minimum Gasteiger partial charge on any atom is -0.191 e. The molecular formula is C4F8S2. The molecule has 0 unspecified atom stereocenters. The zero-order valence-electron chi connectivity index (χ0n) is 5.84. The number of halogens is 8. The van der Waals surface area contributed by atoms with E-state index in [1.165, 1.54) is 0 Å². The van der Waals surface area contributed by atoms with E-state index in [9.17, 15) is 35.1 Å². The van der Waals surface area contributed by atoms with Gasteiger partial charge >= 0.3 is 22.4 Å². The lowest BCUT2D eigenvalue weighted by Gasteiger charge is -2.39. The average Bonchev–Trinajstić information content (AvgIpc) is 1.98. The summed E-state index contributed by atoms with van der Waals surface area (Å²) in [5.41, 5.74) is 0. The van der Waals surface area contributed by atoms with Crippen molar-refractivity contribution in [3.63, 3.8) is 0 Å². The molecule has 1 fully saturated rings. The normalized spacial score (nSPS) is 32.6. The van der Waals surface area contributed by atoms with Crippen molar-refractivity contribution in [2.45, 2.75) is 22.4 Å². The molecular weight excluding hydrogens is 264 g/mol. The minimum absolute atomic E-state index is 1.26. The van der Waals surface area contributed by atoms with Crippen LogP contribution < -0.4 is 0 Å². The standard InChI is InChI=1S/C4F8S2/c5-1(6)2(7,8)4(11,12)14-13-3(1,9)10. The Bertz CT molecular complexity index is 222. The van der Waals surface area contributed by atoms with Crippen molar-refractivity contribution in [3.8, 4) is 0 Å². The molecule has 0 bridgehead atoms. The lowest BCUT2D eigenvalue weighted by molar-refractivity contribution is -0.324. The summed E-state index contributed by atoms with van der Waals surface area (Å²) < 4.78 is 97.8. The smallest absolute Gasteiger partial charge is 0.191 e. The van der Waals surface area contributed by atoms with Crippen LogP contribution in [0.2, 0.25) is 0 Å². The van der Waals surface area contributed by atoms with Crippen LogP contribution >= 0.6 is 21.6 Å². The van der Waals surface area contributed by atoms with Crippen molar-refractivity contribution in [2.75, 3.05) is 0 Å².